The van der Waals surface area contributed by atoms with Crippen LogP contribution in [-0.4, -0.2) is 59.4 Å². The number of benzene rings is 1. The summed E-state index contributed by atoms with van der Waals surface area (Å²) < 4.78 is 29.4. The maximum Gasteiger partial charge on any atom is 0.307 e. The van der Waals surface area contributed by atoms with Crippen molar-refractivity contribution in [2.24, 2.45) is 0 Å². The van der Waals surface area contributed by atoms with Crippen molar-refractivity contribution in [1.29, 1.82) is 0 Å². The first-order valence-electron chi connectivity index (χ1n) is 9.04. The lowest BCUT2D eigenvalue weighted by Crippen LogP contribution is -2.49. The van der Waals surface area contributed by atoms with Crippen LogP contribution < -0.4 is 4.74 Å². The zero-order valence-corrected chi connectivity index (χ0v) is 15.5. The zero-order chi connectivity index (χ0) is 19.9. The van der Waals surface area contributed by atoms with E-state index in [0.717, 1.165) is 0 Å². The number of para-hydroxylation sites is 1. The van der Waals surface area contributed by atoms with Gasteiger partial charge in [0.25, 0.3) is 5.91 Å². The maximum atomic E-state index is 13.6. The molecule has 1 aromatic heterocycles. The molecule has 0 unspecified atom stereocenters. The summed E-state index contributed by atoms with van der Waals surface area (Å²) in [5.74, 6) is -1.04. The number of rotatable bonds is 7. The van der Waals surface area contributed by atoms with Crippen molar-refractivity contribution in [2.75, 3.05) is 26.4 Å². The largest absolute Gasteiger partial charge is 0.484 e. The number of aromatic amines is 1. The van der Waals surface area contributed by atoms with E-state index >= 15 is 0 Å². The normalized spacial score (nSPS) is 16.6. The van der Waals surface area contributed by atoms with Gasteiger partial charge < -0.3 is 19.1 Å². The molecule has 28 heavy (non-hydrogen) atoms. The second kappa shape index (κ2) is 9.32. The smallest absolute Gasteiger partial charge is 0.307 e. The minimum absolute atomic E-state index is 0.0383. The Kier molecular flexibility index (Phi) is 6.59. The highest BCUT2D eigenvalue weighted by Gasteiger charge is 2.31. The number of nitrogens with one attached hydrogen (secondary N) is 1. The molecule has 1 aliphatic rings. The van der Waals surface area contributed by atoms with Gasteiger partial charge in [-0.3, -0.25) is 14.7 Å². The Hall–Kier alpha value is -2.94. The number of nitrogens with zero attached hydrogens (tertiary/aromatic N) is 2. The summed E-state index contributed by atoms with van der Waals surface area (Å²) >= 11 is 0. The van der Waals surface area contributed by atoms with Crippen LogP contribution in [0.1, 0.15) is 29.5 Å². The Balaban J connectivity index is 1.63. The maximum absolute atomic E-state index is 13.6. The van der Waals surface area contributed by atoms with Gasteiger partial charge in [-0.2, -0.15) is 5.10 Å². The molecule has 9 heteroatoms. The van der Waals surface area contributed by atoms with Gasteiger partial charge in [0.2, 0.25) is 0 Å². The Morgan fingerprint density at radius 3 is 3.00 bits per heavy atom. The van der Waals surface area contributed by atoms with Crippen LogP contribution >= 0.6 is 0 Å². The minimum Gasteiger partial charge on any atom is -0.484 e. The lowest BCUT2D eigenvalue weighted by molar-refractivity contribution is -0.145. The lowest BCUT2D eigenvalue weighted by atomic mass is 10.1. The van der Waals surface area contributed by atoms with Crippen LogP contribution in [0.25, 0.3) is 0 Å². The summed E-state index contributed by atoms with van der Waals surface area (Å²) in [6.07, 6.45) is 0.0628. The highest BCUT2D eigenvalue weighted by Crippen LogP contribution is 2.18. The molecule has 1 saturated heterocycles. The molecule has 0 saturated carbocycles. The number of carbonyl (C=O) groups is 2. The van der Waals surface area contributed by atoms with Gasteiger partial charge >= 0.3 is 5.97 Å². The van der Waals surface area contributed by atoms with E-state index in [1.165, 1.54) is 12.1 Å². The molecule has 2 aromatic rings. The molecular formula is C19H22FN3O5. The van der Waals surface area contributed by atoms with E-state index in [4.69, 9.17) is 14.2 Å². The van der Waals surface area contributed by atoms with E-state index in [1.807, 2.05) is 0 Å². The third-order valence-electron chi connectivity index (χ3n) is 4.27. The second-order valence-electron chi connectivity index (χ2n) is 6.23. The van der Waals surface area contributed by atoms with Gasteiger partial charge in [-0.1, -0.05) is 12.1 Å². The number of morpholine rings is 1. The molecule has 1 aliphatic heterocycles. The van der Waals surface area contributed by atoms with Gasteiger partial charge in [0.1, 0.15) is 6.61 Å². The Bertz CT molecular complexity index is 825. The third kappa shape index (κ3) is 4.86. The molecule has 1 aromatic carbocycles. The topological polar surface area (TPSA) is 93.8 Å². The van der Waals surface area contributed by atoms with Crippen LogP contribution in [0, 0.1) is 5.82 Å². The van der Waals surface area contributed by atoms with Gasteiger partial charge in [0.05, 0.1) is 38.0 Å². The summed E-state index contributed by atoms with van der Waals surface area (Å²) in [6.45, 7) is 3.06. The van der Waals surface area contributed by atoms with Gasteiger partial charge in [-0.05, 0) is 25.1 Å². The quantitative estimate of drug-likeness (QED) is 0.725. The molecule has 0 spiro atoms. The number of aromatic nitrogens is 2. The van der Waals surface area contributed by atoms with Crippen LogP contribution in [0.4, 0.5) is 4.39 Å². The molecule has 1 fully saturated rings. The Morgan fingerprint density at radius 1 is 1.39 bits per heavy atom. The number of halogens is 1. The van der Waals surface area contributed by atoms with Crippen molar-refractivity contribution in [3.05, 3.63) is 47.5 Å². The van der Waals surface area contributed by atoms with Crippen molar-refractivity contribution >= 4 is 11.9 Å². The predicted octanol–water partition coefficient (Wildman–Crippen LogP) is 1.92. The molecule has 1 amide bonds. The first-order valence-corrected chi connectivity index (χ1v) is 9.04. The first-order chi connectivity index (χ1) is 13.6. The number of amides is 1. The number of carbonyl (C=O) groups excluding carboxylic acids is 2. The van der Waals surface area contributed by atoms with Gasteiger partial charge in [-0.15, -0.1) is 0 Å². The minimum atomic E-state index is -0.464. The molecule has 2 heterocycles. The van der Waals surface area contributed by atoms with Crippen LogP contribution in [0.3, 0.4) is 0 Å². The van der Waals surface area contributed by atoms with Crippen molar-refractivity contribution in [3.8, 4) is 5.75 Å². The Morgan fingerprint density at radius 2 is 2.21 bits per heavy atom. The fourth-order valence-electron chi connectivity index (χ4n) is 2.91. The van der Waals surface area contributed by atoms with Crippen molar-refractivity contribution in [2.45, 2.75) is 26.0 Å². The lowest BCUT2D eigenvalue weighted by Gasteiger charge is -2.34. The molecule has 1 atom stereocenters. The number of esters is 1. The van der Waals surface area contributed by atoms with Gasteiger partial charge in [0, 0.05) is 6.54 Å². The van der Waals surface area contributed by atoms with E-state index in [2.05, 4.69) is 10.2 Å². The molecule has 8 nitrogen and oxygen atoms in total. The fourth-order valence-corrected chi connectivity index (χ4v) is 2.91. The Labute approximate surface area is 161 Å². The highest BCUT2D eigenvalue weighted by atomic mass is 19.1. The van der Waals surface area contributed by atoms with E-state index in [-0.39, 0.29) is 49.6 Å². The molecule has 150 valence electrons. The molecule has 3 rings (SSSR count). The average molecular weight is 391 g/mol. The van der Waals surface area contributed by atoms with Crippen LogP contribution in [-0.2, 0) is 20.9 Å². The molecular weight excluding hydrogens is 369 g/mol. The van der Waals surface area contributed by atoms with Crippen LogP contribution in [0.15, 0.2) is 30.3 Å². The van der Waals surface area contributed by atoms with Crippen LogP contribution in [0.2, 0.25) is 0 Å². The van der Waals surface area contributed by atoms with E-state index in [1.54, 1.807) is 30.0 Å². The molecule has 0 aliphatic carbocycles. The molecule has 1 N–H and O–H groups in total. The average Bonchev–Trinajstić information content (AvgIpc) is 3.16. The van der Waals surface area contributed by atoms with Gasteiger partial charge in [0.15, 0.2) is 17.3 Å². The molecule has 0 bridgehead atoms. The summed E-state index contributed by atoms with van der Waals surface area (Å²) in [7, 11) is 0. The summed E-state index contributed by atoms with van der Waals surface area (Å²) in [5.41, 5.74) is 0.727. The van der Waals surface area contributed by atoms with Crippen molar-refractivity contribution in [3.63, 3.8) is 0 Å². The zero-order valence-electron chi connectivity index (χ0n) is 15.5. The number of hydrogen-bond acceptors (Lipinski definition) is 6. The van der Waals surface area contributed by atoms with Crippen molar-refractivity contribution in [1.82, 2.24) is 15.1 Å². The first kappa shape index (κ1) is 19.8. The van der Waals surface area contributed by atoms with Crippen LogP contribution in [0.5, 0.6) is 5.75 Å². The van der Waals surface area contributed by atoms with E-state index < -0.39 is 11.9 Å². The summed E-state index contributed by atoms with van der Waals surface area (Å²) in [5, 5.41) is 6.75. The number of ether oxygens (including phenoxy) is 3. The summed E-state index contributed by atoms with van der Waals surface area (Å²) in [6, 6.07) is 7.22. The predicted molar refractivity (Wildman–Crippen MR) is 96.2 cm³/mol. The number of hydrogen-bond donors (Lipinski definition) is 1. The molecule has 0 radical (unpaired) electrons. The summed E-state index contributed by atoms with van der Waals surface area (Å²) in [4.78, 5) is 26.2. The fraction of sp³-hybridized carbons (Fsp3) is 0.421. The monoisotopic (exact) mass is 391 g/mol. The van der Waals surface area contributed by atoms with Crippen molar-refractivity contribution < 1.29 is 28.2 Å². The second-order valence-corrected chi connectivity index (χ2v) is 6.23. The standard InChI is InChI=1S/C19H22FN3O5/c1-2-27-18(24)10-14-12-26-8-7-23(14)19(25)16-9-13(21-22-16)11-28-17-6-4-3-5-15(17)20/h3-6,9,14H,2,7-8,10-12H2,1H3,(H,21,22)/t14-/m0/s1. The SMILES string of the molecule is CCOC(=O)C[C@H]1COCCN1C(=O)c1cc(COc2ccccc2F)[nH]n1. The third-order valence-corrected chi connectivity index (χ3v) is 4.27. The highest BCUT2D eigenvalue weighted by molar-refractivity contribution is 5.93. The van der Waals surface area contributed by atoms with E-state index in [9.17, 15) is 14.0 Å². The number of H-pyrrole nitrogens is 1. The van der Waals surface area contributed by atoms with E-state index in [0.29, 0.717) is 18.8 Å². The van der Waals surface area contributed by atoms with Gasteiger partial charge in [-0.25, -0.2) is 4.39 Å².